The lowest BCUT2D eigenvalue weighted by Crippen LogP contribution is -2.59. The molecule has 1 fully saturated rings. The molecule has 1 rings (SSSR count). The normalized spacial score (nSPS) is 23.0. The number of aliphatic hydroxyl groups is 4. The molecule has 0 aromatic carbocycles. The quantitative estimate of drug-likeness (QED) is 0.0457. The molecule has 0 aromatic heterocycles. The number of aliphatic hydroxyl groups excluding tert-OH is 4. The van der Waals surface area contributed by atoms with E-state index in [0.717, 1.165) is 38.5 Å². The molecule has 0 spiro atoms. The van der Waals surface area contributed by atoms with Gasteiger partial charge in [0, 0.05) is 13.0 Å². The summed E-state index contributed by atoms with van der Waals surface area (Å²) in [6.07, 6.45) is 25.5. The third kappa shape index (κ3) is 21.0. The van der Waals surface area contributed by atoms with Crippen LogP contribution in [0.5, 0.6) is 0 Å². The van der Waals surface area contributed by atoms with Gasteiger partial charge in [-0.3, -0.25) is 4.79 Å². The van der Waals surface area contributed by atoms with Crippen LogP contribution in [0.4, 0.5) is 0 Å². The van der Waals surface area contributed by atoms with Crippen LogP contribution in [0.25, 0.3) is 0 Å². The van der Waals surface area contributed by atoms with E-state index in [-0.39, 0.29) is 19.6 Å². The third-order valence-electron chi connectivity index (χ3n) is 7.86. The number of hydrogen-bond donors (Lipinski definition) is 4. The van der Waals surface area contributed by atoms with Crippen molar-refractivity contribution in [3.8, 4) is 0 Å². The van der Waals surface area contributed by atoms with Crippen LogP contribution in [0.2, 0.25) is 0 Å². The van der Waals surface area contributed by atoms with Crippen molar-refractivity contribution in [2.45, 2.75) is 160 Å². The number of hydrogen-bond acceptors (Lipinski definition) is 9. The van der Waals surface area contributed by atoms with Gasteiger partial charge >= 0.3 is 5.97 Å². The Morgan fingerprint density at radius 2 is 1.27 bits per heavy atom. The summed E-state index contributed by atoms with van der Waals surface area (Å²) in [6, 6.07) is 0. The molecule has 45 heavy (non-hydrogen) atoms. The molecule has 0 saturated carbocycles. The maximum Gasteiger partial charge on any atom is 0.305 e. The van der Waals surface area contributed by atoms with Crippen LogP contribution >= 0.6 is 0 Å². The number of carbonyl (C=O) groups is 1. The SMILES string of the molecule is CCCCCCC/C=C\C/C=C\C/C=C\CCCCCCCCCOCC(COC1OC(CO)C(O)C(O)C1O)OC(=O)CC. The molecule has 0 amide bonds. The number of allylic oxidation sites excluding steroid dienone is 6. The molecule has 0 radical (unpaired) electrons. The molecule has 9 heteroatoms. The molecule has 6 atom stereocenters. The molecule has 6 unspecified atom stereocenters. The summed E-state index contributed by atoms with van der Waals surface area (Å²) < 4.78 is 22.0. The largest absolute Gasteiger partial charge is 0.457 e. The minimum Gasteiger partial charge on any atom is -0.457 e. The van der Waals surface area contributed by atoms with Crippen LogP contribution in [0.1, 0.15) is 123 Å². The van der Waals surface area contributed by atoms with Crippen LogP contribution in [0.15, 0.2) is 36.5 Å². The van der Waals surface area contributed by atoms with E-state index >= 15 is 0 Å². The van der Waals surface area contributed by atoms with Crippen LogP contribution in [0.3, 0.4) is 0 Å². The van der Waals surface area contributed by atoms with Crippen molar-refractivity contribution >= 4 is 5.97 Å². The Hall–Kier alpha value is -1.59. The fraction of sp³-hybridized carbons (Fsp3) is 0.806. The fourth-order valence-corrected chi connectivity index (χ4v) is 5.00. The number of unbranched alkanes of at least 4 members (excludes halogenated alkanes) is 12. The predicted molar refractivity (Wildman–Crippen MR) is 178 cm³/mol. The highest BCUT2D eigenvalue weighted by Gasteiger charge is 2.44. The second-order valence-corrected chi connectivity index (χ2v) is 11.9. The molecule has 0 aromatic rings. The molecular weight excluding hydrogens is 576 g/mol. The number of rotatable bonds is 28. The van der Waals surface area contributed by atoms with Gasteiger partial charge < -0.3 is 39.4 Å². The average Bonchev–Trinajstić information content (AvgIpc) is 3.04. The van der Waals surface area contributed by atoms with E-state index in [1.165, 1.54) is 64.2 Å². The highest BCUT2D eigenvalue weighted by atomic mass is 16.7. The Morgan fingerprint density at radius 3 is 1.84 bits per heavy atom. The molecule has 0 aliphatic carbocycles. The molecule has 1 heterocycles. The topological polar surface area (TPSA) is 135 Å². The zero-order chi connectivity index (χ0) is 33.0. The summed E-state index contributed by atoms with van der Waals surface area (Å²) in [5.41, 5.74) is 0. The van der Waals surface area contributed by atoms with Gasteiger partial charge in [-0.05, 0) is 44.9 Å². The van der Waals surface area contributed by atoms with Gasteiger partial charge in [0.2, 0.25) is 0 Å². The van der Waals surface area contributed by atoms with E-state index in [1.807, 2.05) is 0 Å². The Balaban J connectivity index is 2.05. The Kier molecular flexibility index (Phi) is 26.3. The van der Waals surface area contributed by atoms with Crippen LogP contribution in [-0.4, -0.2) is 89.6 Å². The van der Waals surface area contributed by atoms with Gasteiger partial charge in [-0.1, -0.05) is 108 Å². The Bertz CT molecular complexity index is 782. The highest BCUT2D eigenvalue weighted by Crippen LogP contribution is 2.22. The second-order valence-electron chi connectivity index (χ2n) is 11.9. The highest BCUT2D eigenvalue weighted by molar-refractivity contribution is 5.69. The number of esters is 1. The van der Waals surface area contributed by atoms with E-state index in [1.54, 1.807) is 6.92 Å². The predicted octanol–water partition coefficient (Wildman–Crippen LogP) is 6.07. The first-order chi connectivity index (χ1) is 21.9. The monoisotopic (exact) mass is 640 g/mol. The van der Waals surface area contributed by atoms with E-state index in [9.17, 15) is 25.2 Å². The summed E-state index contributed by atoms with van der Waals surface area (Å²) in [7, 11) is 0. The summed E-state index contributed by atoms with van der Waals surface area (Å²) in [4.78, 5) is 11.8. The zero-order valence-corrected chi connectivity index (χ0v) is 28.1. The lowest BCUT2D eigenvalue weighted by Gasteiger charge is -2.39. The van der Waals surface area contributed by atoms with E-state index in [0.29, 0.717) is 6.61 Å². The molecule has 1 aliphatic heterocycles. The van der Waals surface area contributed by atoms with E-state index < -0.39 is 49.4 Å². The van der Waals surface area contributed by atoms with Gasteiger partial charge in [-0.15, -0.1) is 0 Å². The summed E-state index contributed by atoms with van der Waals surface area (Å²) in [5.74, 6) is -0.407. The summed E-state index contributed by atoms with van der Waals surface area (Å²) in [5, 5.41) is 39.3. The lowest BCUT2D eigenvalue weighted by molar-refractivity contribution is -0.305. The van der Waals surface area contributed by atoms with Gasteiger partial charge in [0.05, 0.1) is 19.8 Å². The van der Waals surface area contributed by atoms with Crippen molar-refractivity contribution < 1.29 is 44.2 Å². The first kappa shape index (κ1) is 41.4. The summed E-state index contributed by atoms with van der Waals surface area (Å²) in [6.45, 7) is 3.93. The maximum atomic E-state index is 11.8. The smallest absolute Gasteiger partial charge is 0.305 e. The van der Waals surface area contributed by atoms with Crippen LogP contribution in [0, 0.1) is 0 Å². The van der Waals surface area contributed by atoms with Gasteiger partial charge in [0.1, 0.15) is 30.5 Å². The first-order valence-corrected chi connectivity index (χ1v) is 17.6. The zero-order valence-electron chi connectivity index (χ0n) is 28.1. The average molecular weight is 641 g/mol. The summed E-state index contributed by atoms with van der Waals surface area (Å²) >= 11 is 0. The van der Waals surface area contributed by atoms with Gasteiger partial charge in [0.15, 0.2) is 6.29 Å². The van der Waals surface area contributed by atoms with Gasteiger partial charge in [-0.2, -0.15) is 0 Å². The van der Waals surface area contributed by atoms with Crippen molar-refractivity contribution in [2.24, 2.45) is 0 Å². The molecule has 0 bridgehead atoms. The lowest BCUT2D eigenvalue weighted by atomic mass is 9.99. The molecule has 4 N–H and O–H groups in total. The van der Waals surface area contributed by atoms with Crippen molar-refractivity contribution in [1.82, 2.24) is 0 Å². The maximum absolute atomic E-state index is 11.8. The molecular formula is C36H64O9. The van der Waals surface area contributed by atoms with E-state index in [4.69, 9.17) is 18.9 Å². The Labute approximate surface area is 272 Å². The van der Waals surface area contributed by atoms with Crippen molar-refractivity contribution in [3.05, 3.63) is 36.5 Å². The van der Waals surface area contributed by atoms with Crippen LogP contribution < -0.4 is 0 Å². The van der Waals surface area contributed by atoms with Crippen molar-refractivity contribution in [3.63, 3.8) is 0 Å². The second kappa shape index (κ2) is 28.6. The molecule has 262 valence electrons. The molecule has 9 nitrogen and oxygen atoms in total. The van der Waals surface area contributed by atoms with Gasteiger partial charge in [-0.25, -0.2) is 0 Å². The number of carbonyl (C=O) groups excluding carboxylic acids is 1. The molecule has 1 saturated heterocycles. The van der Waals surface area contributed by atoms with Gasteiger partial charge in [0.25, 0.3) is 0 Å². The van der Waals surface area contributed by atoms with Crippen molar-refractivity contribution in [1.29, 1.82) is 0 Å². The Morgan fingerprint density at radius 1 is 0.711 bits per heavy atom. The minimum absolute atomic E-state index is 0.128. The molecule has 1 aliphatic rings. The standard InChI is InChI=1S/C36H64O9/c1-3-5-6-7-8-9-10-11-12-13-14-15-16-17-18-19-20-21-22-23-24-25-26-42-28-30(44-32(38)4-2)29-43-36-35(41)34(40)33(39)31(27-37)45-36/h10-11,13-14,16-17,30-31,33-37,39-41H,3-9,12,15,18-29H2,1-2H3/b11-10-,14-13-,17-16-. The minimum atomic E-state index is -1.53. The number of ether oxygens (including phenoxy) is 4. The van der Waals surface area contributed by atoms with Crippen molar-refractivity contribution in [2.75, 3.05) is 26.4 Å². The first-order valence-electron chi connectivity index (χ1n) is 17.6. The third-order valence-corrected chi connectivity index (χ3v) is 7.86. The van der Waals surface area contributed by atoms with Crippen LogP contribution in [-0.2, 0) is 23.7 Å². The van der Waals surface area contributed by atoms with E-state index in [2.05, 4.69) is 43.4 Å². The fourth-order valence-electron chi connectivity index (χ4n) is 5.00.